The molecule has 74 valence electrons. The van der Waals surface area contributed by atoms with Crippen LogP contribution in [-0.4, -0.2) is 47.6 Å². The van der Waals surface area contributed by atoms with Crippen molar-refractivity contribution in [2.45, 2.75) is 12.8 Å². The van der Waals surface area contributed by atoms with E-state index in [1.807, 2.05) is 0 Å². The SMILES string of the molecule is COCCOCCCC[NH+](C)C. The van der Waals surface area contributed by atoms with E-state index < -0.39 is 0 Å². The maximum absolute atomic E-state index is 5.32. The first-order valence-electron chi connectivity index (χ1n) is 4.63. The van der Waals surface area contributed by atoms with E-state index in [0.717, 1.165) is 19.6 Å². The quantitative estimate of drug-likeness (QED) is 0.507. The lowest BCUT2D eigenvalue weighted by molar-refractivity contribution is -0.858. The van der Waals surface area contributed by atoms with Gasteiger partial charge in [-0.15, -0.1) is 0 Å². The smallest absolute Gasteiger partial charge is 0.0767 e. The van der Waals surface area contributed by atoms with E-state index in [1.165, 1.54) is 17.9 Å². The van der Waals surface area contributed by atoms with Crippen molar-refractivity contribution < 1.29 is 14.4 Å². The predicted octanol–water partition coefficient (Wildman–Crippen LogP) is -0.426. The summed E-state index contributed by atoms with van der Waals surface area (Å²) in [5, 5.41) is 0. The molecule has 0 spiro atoms. The second kappa shape index (κ2) is 8.97. The van der Waals surface area contributed by atoms with Crippen LogP contribution in [0.5, 0.6) is 0 Å². The van der Waals surface area contributed by atoms with Crippen LogP contribution in [0.15, 0.2) is 0 Å². The Bertz CT molecular complexity index is 86.6. The highest BCUT2D eigenvalue weighted by atomic mass is 16.5. The van der Waals surface area contributed by atoms with Crippen molar-refractivity contribution in [2.75, 3.05) is 47.6 Å². The number of methoxy groups -OCH3 is 1. The fourth-order valence-electron chi connectivity index (χ4n) is 0.927. The van der Waals surface area contributed by atoms with E-state index in [1.54, 1.807) is 7.11 Å². The zero-order valence-corrected chi connectivity index (χ0v) is 8.56. The van der Waals surface area contributed by atoms with Gasteiger partial charge in [-0.3, -0.25) is 0 Å². The first-order valence-corrected chi connectivity index (χ1v) is 4.63. The second-order valence-electron chi connectivity index (χ2n) is 3.27. The molecule has 12 heavy (non-hydrogen) atoms. The molecule has 1 N–H and O–H groups in total. The average Bonchev–Trinajstić information content (AvgIpc) is 2.02. The zero-order chi connectivity index (χ0) is 9.23. The van der Waals surface area contributed by atoms with Gasteiger partial charge >= 0.3 is 0 Å². The van der Waals surface area contributed by atoms with Crippen LogP contribution in [-0.2, 0) is 9.47 Å². The number of nitrogens with one attached hydrogen (secondary N) is 1. The molecule has 0 atom stereocenters. The van der Waals surface area contributed by atoms with Crippen LogP contribution in [0.25, 0.3) is 0 Å². The molecule has 0 aliphatic heterocycles. The van der Waals surface area contributed by atoms with Crippen LogP contribution in [0.2, 0.25) is 0 Å². The second-order valence-corrected chi connectivity index (χ2v) is 3.27. The molecule has 0 aliphatic carbocycles. The van der Waals surface area contributed by atoms with Gasteiger partial charge in [-0.1, -0.05) is 0 Å². The minimum Gasteiger partial charge on any atom is -0.382 e. The van der Waals surface area contributed by atoms with Crippen molar-refractivity contribution in [1.82, 2.24) is 0 Å². The minimum atomic E-state index is 0.707. The molecular formula is C9H22NO2+. The zero-order valence-electron chi connectivity index (χ0n) is 8.56. The van der Waals surface area contributed by atoms with Crippen LogP contribution in [0.1, 0.15) is 12.8 Å². The van der Waals surface area contributed by atoms with Gasteiger partial charge in [0.1, 0.15) is 0 Å². The summed E-state index contributed by atoms with van der Waals surface area (Å²) in [5.74, 6) is 0. The molecule has 0 unspecified atom stereocenters. The molecule has 0 aromatic rings. The lowest BCUT2D eigenvalue weighted by Gasteiger charge is -2.06. The van der Waals surface area contributed by atoms with Gasteiger partial charge in [0.05, 0.1) is 33.9 Å². The van der Waals surface area contributed by atoms with Crippen molar-refractivity contribution >= 4 is 0 Å². The van der Waals surface area contributed by atoms with Crippen molar-refractivity contribution in [3.8, 4) is 0 Å². The molecule has 0 radical (unpaired) electrons. The summed E-state index contributed by atoms with van der Waals surface area (Å²) in [6.07, 6.45) is 2.41. The van der Waals surface area contributed by atoms with Crippen LogP contribution in [0.4, 0.5) is 0 Å². The van der Waals surface area contributed by atoms with Gasteiger partial charge in [0.25, 0.3) is 0 Å². The monoisotopic (exact) mass is 176 g/mol. The first kappa shape index (κ1) is 11.9. The number of rotatable bonds is 8. The lowest BCUT2D eigenvalue weighted by atomic mass is 10.3. The largest absolute Gasteiger partial charge is 0.382 e. The Kier molecular flexibility index (Phi) is 8.88. The van der Waals surface area contributed by atoms with Gasteiger partial charge in [-0.2, -0.15) is 0 Å². The van der Waals surface area contributed by atoms with E-state index in [0.29, 0.717) is 6.61 Å². The molecule has 0 bridgehead atoms. The normalized spacial score (nSPS) is 11.0. The third-order valence-corrected chi connectivity index (χ3v) is 1.65. The highest BCUT2D eigenvalue weighted by Crippen LogP contribution is 1.86. The van der Waals surface area contributed by atoms with Gasteiger partial charge in [-0.05, 0) is 12.8 Å². The summed E-state index contributed by atoms with van der Waals surface area (Å²) in [7, 11) is 6.04. The molecule has 0 fully saturated rings. The number of unbranched alkanes of at least 4 members (excludes halogenated alkanes) is 1. The Labute approximate surface area is 75.6 Å². The molecule has 3 nitrogen and oxygen atoms in total. The van der Waals surface area contributed by atoms with Gasteiger partial charge in [0.15, 0.2) is 0 Å². The van der Waals surface area contributed by atoms with Crippen molar-refractivity contribution in [2.24, 2.45) is 0 Å². The van der Waals surface area contributed by atoms with Crippen LogP contribution in [0.3, 0.4) is 0 Å². The fourth-order valence-corrected chi connectivity index (χ4v) is 0.927. The lowest BCUT2D eigenvalue weighted by Crippen LogP contribution is -3.05. The van der Waals surface area contributed by atoms with Crippen molar-refractivity contribution in [1.29, 1.82) is 0 Å². The van der Waals surface area contributed by atoms with E-state index in [4.69, 9.17) is 9.47 Å². The highest BCUT2D eigenvalue weighted by Gasteiger charge is 1.93. The third kappa shape index (κ3) is 9.88. The van der Waals surface area contributed by atoms with Gasteiger partial charge in [0.2, 0.25) is 0 Å². The highest BCUT2D eigenvalue weighted by molar-refractivity contribution is 4.36. The molecule has 0 rings (SSSR count). The fraction of sp³-hybridized carbons (Fsp3) is 1.00. The van der Waals surface area contributed by atoms with Crippen molar-refractivity contribution in [3.05, 3.63) is 0 Å². The average molecular weight is 176 g/mol. The van der Waals surface area contributed by atoms with Crippen molar-refractivity contribution in [3.63, 3.8) is 0 Å². The molecule has 0 aromatic heterocycles. The summed E-state index contributed by atoms with van der Waals surface area (Å²) < 4.78 is 10.2. The number of quaternary nitrogens is 1. The summed E-state index contributed by atoms with van der Waals surface area (Å²) in [5.41, 5.74) is 0. The predicted molar refractivity (Wildman–Crippen MR) is 49.6 cm³/mol. The van der Waals surface area contributed by atoms with Crippen LogP contribution >= 0.6 is 0 Å². The molecule has 0 saturated heterocycles. The number of hydrogen-bond acceptors (Lipinski definition) is 2. The minimum absolute atomic E-state index is 0.707. The maximum atomic E-state index is 5.32. The van der Waals surface area contributed by atoms with E-state index in [9.17, 15) is 0 Å². The van der Waals surface area contributed by atoms with Gasteiger partial charge in [-0.25, -0.2) is 0 Å². The molecule has 0 aliphatic rings. The van der Waals surface area contributed by atoms with Crippen LogP contribution in [0, 0.1) is 0 Å². The molecule has 0 amide bonds. The maximum Gasteiger partial charge on any atom is 0.0767 e. The van der Waals surface area contributed by atoms with Gasteiger partial charge < -0.3 is 14.4 Å². The topological polar surface area (TPSA) is 22.9 Å². The summed E-state index contributed by atoms with van der Waals surface area (Å²) >= 11 is 0. The van der Waals surface area contributed by atoms with E-state index in [-0.39, 0.29) is 0 Å². The summed E-state index contributed by atoms with van der Waals surface area (Å²) in [6, 6.07) is 0. The first-order chi connectivity index (χ1) is 5.77. The summed E-state index contributed by atoms with van der Waals surface area (Å²) in [4.78, 5) is 1.51. The van der Waals surface area contributed by atoms with Crippen LogP contribution < -0.4 is 4.90 Å². The molecule has 0 heterocycles. The Morgan fingerprint density at radius 1 is 1.00 bits per heavy atom. The summed E-state index contributed by atoms with van der Waals surface area (Å²) in [6.45, 7) is 3.54. The Morgan fingerprint density at radius 2 is 1.75 bits per heavy atom. The molecule has 3 heteroatoms. The third-order valence-electron chi connectivity index (χ3n) is 1.65. The van der Waals surface area contributed by atoms with E-state index in [2.05, 4.69) is 14.1 Å². The van der Waals surface area contributed by atoms with E-state index >= 15 is 0 Å². The standard InChI is InChI=1S/C9H21NO2/c1-10(2)6-4-5-7-12-9-8-11-3/h4-9H2,1-3H3/p+1. The molecule has 0 saturated carbocycles. The Hall–Kier alpha value is -0.120. The Morgan fingerprint density at radius 3 is 2.33 bits per heavy atom. The molecular weight excluding hydrogens is 154 g/mol. The Balaban J connectivity index is 2.82. The number of hydrogen-bond donors (Lipinski definition) is 1. The molecule has 0 aromatic carbocycles. The number of ether oxygens (including phenoxy) is 2. The van der Waals surface area contributed by atoms with Gasteiger partial charge in [0, 0.05) is 13.7 Å².